The number of aryl methyl sites for hydroxylation is 1. The van der Waals surface area contributed by atoms with Crippen molar-refractivity contribution in [3.63, 3.8) is 0 Å². The second kappa shape index (κ2) is 7.96. The molecule has 28 heavy (non-hydrogen) atoms. The number of benzene rings is 3. The van der Waals surface area contributed by atoms with E-state index in [0.717, 1.165) is 27.5 Å². The van der Waals surface area contributed by atoms with E-state index in [1.807, 2.05) is 49.4 Å². The molecule has 0 aliphatic carbocycles. The van der Waals surface area contributed by atoms with Crippen LogP contribution in [0, 0.1) is 6.92 Å². The normalized spacial score (nSPS) is 11.3. The molecule has 2 N–H and O–H groups in total. The molecule has 0 aliphatic rings. The van der Waals surface area contributed by atoms with Gasteiger partial charge in [-0.25, -0.2) is 4.79 Å². The van der Waals surface area contributed by atoms with Crippen molar-refractivity contribution in [2.75, 3.05) is 12.4 Å². The van der Waals surface area contributed by atoms with Crippen LogP contribution in [0.15, 0.2) is 60.7 Å². The summed E-state index contributed by atoms with van der Waals surface area (Å²) in [6.45, 7) is 3.64. The Kier molecular flexibility index (Phi) is 5.45. The number of rotatable bonds is 5. The van der Waals surface area contributed by atoms with Gasteiger partial charge in [-0.05, 0) is 59.5 Å². The SMILES string of the molecule is COc1cc(C(=O)O)c(NC(=O)/C=C(/C)c2ccc3ccccc3c2)cc1C. The summed E-state index contributed by atoms with van der Waals surface area (Å²) < 4.78 is 5.17. The molecule has 0 aliphatic heterocycles. The van der Waals surface area contributed by atoms with Gasteiger partial charge in [-0.3, -0.25) is 4.79 Å². The quantitative estimate of drug-likeness (QED) is 0.622. The minimum atomic E-state index is -1.14. The highest BCUT2D eigenvalue weighted by Crippen LogP contribution is 2.27. The van der Waals surface area contributed by atoms with Crippen molar-refractivity contribution in [3.8, 4) is 5.75 Å². The first kappa shape index (κ1) is 19.2. The maximum absolute atomic E-state index is 12.5. The molecule has 0 saturated heterocycles. The van der Waals surface area contributed by atoms with Crippen molar-refractivity contribution in [2.45, 2.75) is 13.8 Å². The van der Waals surface area contributed by atoms with Crippen LogP contribution in [0.2, 0.25) is 0 Å². The van der Waals surface area contributed by atoms with Gasteiger partial charge in [0.05, 0.1) is 18.4 Å². The van der Waals surface area contributed by atoms with Gasteiger partial charge in [0.15, 0.2) is 0 Å². The summed E-state index contributed by atoms with van der Waals surface area (Å²) in [4.78, 5) is 24.0. The van der Waals surface area contributed by atoms with E-state index in [4.69, 9.17) is 4.74 Å². The molecule has 0 spiro atoms. The molecule has 142 valence electrons. The lowest BCUT2D eigenvalue weighted by molar-refractivity contribution is -0.111. The summed E-state index contributed by atoms with van der Waals surface area (Å²) in [7, 11) is 1.47. The van der Waals surface area contributed by atoms with E-state index < -0.39 is 11.9 Å². The fraction of sp³-hybridized carbons (Fsp3) is 0.130. The van der Waals surface area contributed by atoms with Crippen molar-refractivity contribution in [3.05, 3.63) is 77.4 Å². The van der Waals surface area contributed by atoms with E-state index in [-0.39, 0.29) is 11.3 Å². The van der Waals surface area contributed by atoms with Crippen LogP contribution in [0.3, 0.4) is 0 Å². The Labute approximate surface area is 163 Å². The second-order valence-corrected chi connectivity index (χ2v) is 6.55. The Hall–Kier alpha value is -3.60. The maximum Gasteiger partial charge on any atom is 0.337 e. The fourth-order valence-electron chi connectivity index (χ4n) is 3.07. The van der Waals surface area contributed by atoms with Gasteiger partial charge in [0.1, 0.15) is 5.75 Å². The lowest BCUT2D eigenvalue weighted by Gasteiger charge is -2.12. The molecule has 5 heteroatoms. The minimum absolute atomic E-state index is 0.0208. The zero-order valence-corrected chi connectivity index (χ0v) is 15.9. The van der Waals surface area contributed by atoms with E-state index >= 15 is 0 Å². The predicted molar refractivity (Wildman–Crippen MR) is 111 cm³/mol. The molecule has 0 aromatic heterocycles. The van der Waals surface area contributed by atoms with Gasteiger partial charge in [0.25, 0.3) is 0 Å². The highest BCUT2D eigenvalue weighted by atomic mass is 16.5. The van der Waals surface area contributed by atoms with Crippen molar-refractivity contribution in [2.24, 2.45) is 0 Å². The van der Waals surface area contributed by atoms with Crippen molar-refractivity contribution in [1.82, 2.24) is 0 Å². The Morgan fingerprint density at radius 3 is 2.43 bits per heavy atom. The number of amides is 1. The molecule has 0 heterocycles. The molecule has 3 aromatic carbocycles. The standard InChI is InChI=1S/C23H21NO4/c1-14(17-9-8-16-6-4-5-7-18(16)12-17)11-22(25)24-20-10-15(2)21(28-3)13-19(20)23(26)27/h4-13H,1-3H3,(H,24,25)(H,26,27)/b14-11-. The second-order valence-electron chi connectivity index (χ2n) is 6.55. The molecule has 0 fully saturated rings. The number of ether oxygens (including phenoxy) is 1. The number of carbonyl (C=O) groups is 2. The third-order valence-corrected chi connectivity index (χ3v) is 4.58. The Morgan fingerprint density at radius 2 is 1.75 bits per heavy atom. The average Bonchev–Trinajstić information content (AvgIpc) is 2.67. The van der Waals surface area contributed by atoms with Crippen LogP contribution in [-0.4, -0.2) is 24.1 Å². The first-order valence-corrected chi connectivity index (χ1v) is 8.79. The summed E-state index contributed by atoms with van der Waals surface area (Å²) in [5.41, 5.74) is 2.66. The van der Waals surface area contributed by atoms with Gasteiger partial charge in [-0.2, -0.15) is 0 Å². The number of carboxylic acid groups (broad SMARTS) is 1. The molecule has 3 rings (SSSR count). The third-order valence-electron chi connectivity index (χ3n) is 4.58. The van der Waals surface area contributed by atoms with Crippen LogP contribution < -0.4 is 10.1 Å². The molecule has 5 nitrogen and oxygen atoms in total. The first-order valence-electron chi connectivity index (χ1n) is 8.79. The Morgan fingerprint density at radius 1 is 1.04 bits per heavy atom. The largest absolute Gasteiger partial charge is 0.496 e. The minimum Gasteiger partial charge on any atom is -0.496 e. The number of hydrogen-bond donors (Lipinski definition) is 2. The van der Waals surface area contributed by atoms with Gasteiger partial charge in [-0.15, -0.1) is 0 Å². The summed E-state index contributed by atoms with van der Waals surface area (Å²) in [6, 6.07) is 17.0. The number of anilines is 1. The number of carboxylic acids is 1. The average molecular weight is 375 g/mol. The summed E-state index contributed by atoms with van der Waals surface area (Å²) in [5.74, 6) is -1.07. The van der Waals surface area contributed by atoms with Crippen LogP contribution in [0.25, 0.3) is 16.3 Å². The first-order chi connectivity index (χ1) is 13.4. The molecule has 0 unspecified atom stereocenters. The summed E-state index contributed by atoms with van der Waals surface area (Å²) >= 11 is 0. The molecule has 0 atom stereocenters. The molecule has 0 radical (unpaired) electrons. The van der Waals surface area contributed by atoms with Crippen LogP contribution >= 0.6 is 0 Å². The van der Waals surface area contributed by atoms with Gasteiger partial charge in [0.2, 0.25) is 5.91 Å². The molecule has 0 bridgehead atoms. The van der Waals surface area contributed by atoms with Crippen LogP contribution in [0.5, 0.6) is 5.75 Å². The lowest BCUT2D eigenvalue weighted by Crippen LogP contribution is -2.13. The number of carbonyl (C=O) groups excluding carboxylic acids is 1. The van der Waals surface area contributed by atoms with Gasteiger partial charge < -0.3 is 15.2 Å². The van der Waals surface area contributed by atoms with Gasteiger partial charge in [-0.1, -0.05) is 36.4 Å². The number of hydrogen-bond acceptors (Lipinski definition) is 3. The van der Waals surface area contributed by atoms with Crippen LogP contribution in [0.4, 0.5) is 5.69 Å². The topological polar surface area (TPSA) is 75.6 Å². The van der Waals surface area contributed by atoms with E-state index in [2.05, 4.69) is 5.32 Å². The number of fused-ring (bicyclic) bond motifs is 1. The lowest BCUT2D eigenvalue weighted by atomic mass is 10.0. The molecular formula is C23H21NO4. The van der Waals surface area contributed by atoms with E-state index in [0.29, 0.717) is 5.75 Å². The number of aromatic carboxylic acids is 1. The zero-order valence-electron chi connectivity index (χ0n) is 15.9. The monoisotopic (exact) mass is 375 g/mol. The Balaban J connectivity index is 1.88. The van der Waals surface area contributed by atoms with E-state index in [9.17, 15) is 14.7 Å². The fourth-order valence-corrected chi connectivity index (χ4v) is 3.07. The van der Waals surface area contributed by atoms with Crippen LogP contribution in [0.1, 0.15) is 28.4 Å². The highest BCUT2D eigenvalue weighted by molar-refractivity contribution is 6.07. The third kappa shape index (κ3) is 4.04. The predicted octanol–water partition coefficient (Wildman–Crippen LogP) is 4.90. The summed E-state index contributed by atoms with van der Waals surface area (Å²) in [5, 5.41) is 14.3. The number of allylic oxidation sites excluding steroid dienone is 1. The zero-order chi connectivity index (χ0) is 20.3. The Bertz CT molecular complexity index is 1100. The van der Waals surface area contributed by atoms with Gasteiger partial charge in [0, 0.05) is 6.08 Å². The van der Waals surface area contributed by atoms with Crippen molar-refractivity contribution < 1.29 is 19.4 Å². The van der Waals surface area contributed by atoms with Crippen LogP contribution in [-0.2, 0) is 4.79 Å². The number of methoxy groups -OCH3 is 1. The molecule has 1 amide bonds. The van der Waals surface area contributed by atoms with E-state index in [1.54, 1.807) is 13.0 Å². The molecular weight excluding hydrogens is 354 g/mol. The summed E-state index contributed by atoms with van der Waals surface area (Å²) in [6.07, 6.45) is 1.47. The van der Waals surface area contributed by atoms with Crippen molar-refractivity contribution >= 4 is 33.9 Å². The van der Waals surface area contributed by atoms with Gasteiger partial charge >= 0.3 is 5.97 Å². The van der Waals surface area contributed by atoms with Crippen molar-refractivity contribution in [1.29, 1.82) is 0 Å². The number of nitrogens with one attached hydrogen (secondary N) is 1. The molecule has 3 aromatic rings. The van der Waals surface area contributed by atoms with E-state index in [1.165, 1.54) is 19.3 Å². The smallest absolute Gasteiger partial charge is 0.337 e. The highest BCUT2D eigenvalue weighted by Gasteiger charge is 2.15. The molecule has 0 saturated carbocycles. The maximum atomic E-state index is 12.5.